The summed E-state index contributed by atoms with van der Waals surface area (Å²) in [5.41, 5.74) is 0. The third-order valence-electron chi connectivity index (χ3n) is 2.08. The van der Waals surface area contributed by atoms with Crippen LogP contribution in [0.4, 0.5) is 0 Å². The summed E-state index contributed by atoms with van der Waals surface area (Å²) < 4.78 is 0. The molecule has 1 atom stereocenters. The Bertz CT molecular complexity index is 184. The molecule has 1 N–H and O–H groups in total. The molecule has 0 saturated carbocycles. The van der Waals surface area contributed by atoms with Gasteiger partial charge in [-0.25, -0.2) is 0 Å². The van der Waals surface area contributed by atoms with E-state index >= 15 is 0 Å². The van der Waals surface area contributed by atoms with Crippen molar-refractivity contribution in [3.8, 4) is 0 Å². The van der Waals surface area contributed by atoms with Crippen molar-refractivity contribution < 1.29 is 0 Å². The third-order valence-corrected chi connectivity index (χ3v) is 2.08. The summed E-state index contributed by atoms with van der Waals surface area (Å²) in [5, 5.41) is 3.32. The van der Waals surface area contributed by atoms with E-state index in [1.807, 2.05) is 12.2 Å². The Morgan fingerprint density at radius 1 is 1.38 bits per heavy atom. The monoisotopic (exact) mass is 178 g/mol. The molecule has 2 aliphatic heterocycles. The molecule has 1 fully saturated rings. The van der Waals surface area contributed by atoms with Gasteiger partial charge in [-0.1, -0.05) is 12.2 Å². The zero-order valence-corrected chi connectivity index (χ0v) is 8.24. The van der Waals surface area contributed by atoms with Crippen molar-refractivity contribution in [2.45, 2.75) is 32.2 Å². The largest absolute Gasteiger partial charge is 0.314 e. The molecule has 0 aromatic heterocycles. The van der Waals surface area contributed by atoms with Gasteiger partial charge in [-0.2, -0.15) is 0 Å². The number of nitrogens with one attached hydrogen (secondary N) is 1. The molecule has 0 aliphatic carbocycles. The van der Waals surface area contributed by atoms with E-state index in [-0.39, 0.29) is 0 Å². The molecule has 0 radical (unpaired) electrons. The fraction of sp³-hybridized carbons (Fsp3) is 0.545. The fourth-order valence-electron chi connectivity index (χ4n) is 1.30. The molecular weight excluding hydrogens is 160 g/mol. The molecule has 13 heavy (non-hydrogen) atoms. The normalized spacial score (nSPS) is 25.2. The van der Waals surface area contributed by atoms with Crippen molar-refractivity contribution in [3.63, 3.8) is 0 Å². The Morgan fingerprint density at radius 3 is 2.92 bits per heavy atom. The molecule has 2 nitrogen and oxygen atoms in total. The van der Waals surface area contributed by atoms with Gasteiger partial charge in [0.15, 0.2) is 0 Å². The number of rotatable bonds is 0. The SMILES string of the molecule is C1=CCC=CN=C1.CC1CCCN1. The van der Waals surface area contributed by atoms with E-state index in [0.29, 0.717) is 0 Å². The van der Waals surface area contributed by atoms with Crippen LogP contribution in [0.5, 0.6) is 0 Å². The van der Waals surface area contributed by atoms with Crippen LogP contribution in [0, 0.1) is 0 Å². The summed E-state index contributed by atoms with van der Waals surface area (Å²) in [6.45, 7) is 3.47. The maximum atomic E-state index is 3.88. The number of allylic oxidation sites excluding steroid dienone is 3. The Kier molecular flexibility index (Phi) is 5.18. The predicted octanol–water partition coefficient (Wildman–Crippen LogP) is 2.29. The van der Waals surface area contributed by atoms with E-state index in [1.54, 1.807) is 12.4 Å². The average molecular weight is 178 g/mol. The van der Waals surface area contributed by atoms with E-state index in [9.17, 15) is 0 Å². The Morgan fingerprint density at radius 2 is 2.31 bits per heavy atom. The first-order valence-corrected chi connectivity index (χ1v) is 4.96. The van der Waals surface area contributed by atoms with Crippen LogP contribution >= 0.6 is 0 Å². The van der Waals surface area contributed by atoms with Crippen molar-refractivity contribution in [2.24, 2.45) is 4.99 Å². The molecule has 0 aromatic carbocycles. The van der Waals surface area contributed by atoms with Crippen molar-refractivity contribution in [1.29, 1.82) is 0 Å². The Hall–Kier alpha value is -0.890. The summed E-state index contributed by atoms with van der Waals surface area (Å²) in [7, 11) is 0. The minimum atomic E-state index is 0.796. The lowest BCUT2D eigenvalue weighted by atomic mass is 10.3. The molecule has 1 saturated heterocycles. The van der Waals surface area contributed by atoms with Crippen molar-refractivity contribution in [1.82, 2.24) is 5.32 Å². The number of hydrogen-bond donors (Lipinski definition) is 1. The van der Waals surface area contributed by atoms with Gasteiger partial charge in [0.1, 0.15) is 0 Å². The topological polar surface area (TPSA) is 24.4 Å². The third kappa shape index (κ3) is 5.36. The molecule has 2 heterocycles. The molecule has 2 rings (SSSR count). The van der Waals surface area contributed by atoms with Crippen molar-refractivity contribution in [3.05, 3.63) is 24.4 Å². The quantitative estimate of drug-likeness (QED) is 0.604. The molecular formula is C11H18N2. The van der Waals surface area contributed by atoms with E-state index in [2.05, 4.69) is 23.3 Å². The highest BCUT2D eigenvalue weighted by Gasteiger charge is 2.05. The van der Waals surface area contributed by atoms with Gasteiger partial charge in [-0.05, 0) is 38.8 Å². The summed E-state index contributed by atoms with van der Waals surface area (Å²) in [5.74, 6) is 0. The summed E-state index contributed by atoms with van der Waals surface area (Å²) >= 11 is 0. The second-order valence-electron chi connectivity index (χ2n) is 3.34. The lowest BCUT2D eigenvalue weighted by molar-refractivity contribution is 0.664. The molecule has 0 amide bonds. The van der Waals surface area contributed by atoms with E-state index in [4.69, 9.17) is 0 Å². The minimum absolute atomic E-state index is 0.796. The molecule has 0 aromatic rings. The van der Waals surface area contributed by atoms with Crippen LogP contribution in [-0.2, 0) is 0 Å². The molecule has 2 heteroatoms. The smallest absolute Gasteiger partial charge is 0.0264 e. The molecule has 0 bridgehead atoms. The van der Waals surface area contributed by atoms with Gasteiger partial charge in [0, 0.05) is 18.5 Å². The van der Waals surface area contributed by atoms with Crippen molar-refractivity contribution >= 4 is 6.21 Å². The average Bonchev–Trinajstić information content (AvgIpc) is 2.48. The second-order valence-corrected chi connectivity index (χ2v) is 3.34. The first kappa shape index (κ1) is 10.2. The van der Waals surface area contributed by atoms with Crippen LogP contribution in [0.1, 0.15) is 26.2 Å². The van der Waals surface area contributed by atoms with Crippen LogP contribution in [-0.4, -0.2) is 18.8 Å². The molecule has 72 valence electrons. The molecule has 0 spiro atoms. The predicted molar refractivity (Wildman–Crippen MR) is 58.1 cm³/mol. The summed E-state index contributed by atoms with van der Waals surface area (Å²) in [6, 6.07) is 0.796. The zero-order valence-electron chi connectivity index (χ0n) is 8.24. The highest BCUT2D eigenvalue weighted by atomic mass is 14.9. The van der Waals surface area contributed by atoms with Gasteiger partial charge in [0.2, 0.25) is 0 Å². The fourth-order valence-corrected chi connectivity index (χ4v) is 1.30. The van der Waals surface area contributed by atoms with Crippen LogP contribution < -0.4 is 5.32 Å². The van der Waals surface area contributed by atoms with Crippen LogP contribution in [0.3, 0.4) is 0 Å². The van der Waals surface area contributed by atoms with E-state index < -0.39 is 0 Å². The van der Waals surface area contributed by atoms with Gasteiger partial charge in [-0.15, -0.1) is 0 Å². The highest BCUT2D eigenvalue weighted by molar-refractivity contribution is 5.71. The second kappa shape index (κ2) is 6.61. The Balaban J connectivity index is 0.000000132. The van der Waals surface area contributed by atoms with Gasteiger partial charge in [0.05, 0.1) is 0 Å². The van der Waals surface area contributed by atoms with Crippen LogP contribution in [0.15, 0.2) is 29.4 Å². The Labute approximate surface area is 80.4 Å². The number of nitrogens with zero attached hydrogens (tertiary/aromatic N) is 1. The van der Waals surface area contributed by atoms with Crippen LogP contribution in [0.25, 0.3) is 0 Å². The highest BCUT2D eigenvalue weighted by Crippen LogP contribution is 2.01. The standard InChI is InChI=1S/C6H7N.C5H11N/c1-2-4-6-7-5-3-1;1-5-3-2-4-6-5/h1,3-6H,2H2;5-6H,2-4H2,1H3. The van der Waals surface area contributed by atoms with Crippen LogP contribution in [0.2, 0.25) is 0 Å². The zero-order chi connectivity index (χ0) is 9.36. The van der Waals surface area contributed by atoms with Gasteiger partial charge >= 0.3 is 0 Å². The van der Waals surface area contributed by atoms with Gasteiger partial charge in [0.25, 0.3) is 0 Å². The van der Waals surface area contributed by atoms with Gasteiger partial charge in [-0.3, -0.25) is 4.99 Å². The number of hydrogen-bond acceptors (Lipinski definition) is 2. The van der Waals surface area contributed by atoms with Gasteiger partial charge < -0.3 is 5.32 Å². The minimum Gasteiger partial charge on any atom is -0.314 e. The molecule has 2 aliphatic rings. The lowest BCUT2D eigenvalue weighted by Crippen LogP contribution is -2.16. The first-order chi connectivity index (χ1) is 6.39. The maximum absolute atomic E-state index is 3.88. The van der Waals surface area contributed by atoms with Crippen molar-refractivity contribution in [2.75, 3.05) is 6.54 Å². The summed E-state index contributed by atoms with van der Waals surface area (Å²) in [4.78, 5) is 3.88. The number of aliphatic imine (C=N–C) groups is 1. The molecule has 1 unspecified atom stereocenters. The van der Waals surface area contributed by atoms with E-state index in [0.717, 1.165) is 12.5 Å². The maximum Gasteiger partial charge on any atom is 0.0264 e. The van der Waals surface area contributed by atoms with E-state index in [1.165, 1.54) is 19.4 Å². The lowest BCUT2D eigenvalue weighted by Gasteiger charge is -1.95. The summed E-state index contributed by atoms with van der Waals surface area (Å²) in [6.07, 6.45) is 13.4. The first-order valence-electron chi connectivity index (χ1n) is 4.96.